The van der Waals surface area contributed by atoms with E-state index in [-0.39, 0.29) is 51.0 Å². The highest BCUT2D eigenvalue weighted by Crippen LogP contribution is 2.76. The molecule has 208 valence electrons. The summed E-state index contributed by atoms with van der Waals surface area (Å²) in [7, 11) is 0. The third kappa shape index (κ3) is 3.85. The van der Waals surface area contributed by atoms with Crippen LogP contribution in [0.15, 0.2) is 10.1 Å². The number of fused-ring (bicyclic) bond motifs is 7. The van der Waals surface area contributed by atoms with Crippen LogP contribution >= 0.6 is 15.9 Å². The van der Waals surface area contributed by atoms with Crippen LogP contribution in [0.2, 0.25) is 0 Å². The lowest BCUT2D eigenvalue weighted by molar-refractivity contribution is -0.211. The van der Waals surface area contributed by atoms with Gasteiger partial charge in [0.05, 0.1) is 5.92 Å². The zero-order valence-electron chi connectivity index (χ0n) is 24.4. The Morgan fingerprint density at radius 3 is 2.22 bits per heavy atom. The van der Waals surface area contributed by atoms with Crippen LogP contribution in [-0.4, -0.2) is 23.1 Å². The minimum Gasteiger partial charge on any atom is -0.481 e. The molecule has 4 nitrogen and oxygen atoms in total. The summed E-state index contributed by atoms with van der Waals surface area (Å²) in [5.41, 5.74) is 2.03. The van der Waals surface area contributed by atoms with E-state index in [9.17, 15) is 14.7 Å². The molecule has 5 rings (SSSR count). The molecule has 0 aromatic rings. The summed E-state index contributed by atoms with van der Waals surface area (Å²) in [5.74, 6) is 0.703. The minimum absolute atomic E-state index is 0.00554. The second-order valence-corrected chi connectivity index (χ2v) is 16.7. The maximum atomic E-state index is 12.4. The molecule has 5 aliphatic carbocycles. The van der Waals surface area contributed by atoms with Crippen molar-refractivity contribution in [3.8, 4) is 0 Å². The van der Waals surface area contributed by atoms with Crippen LogP contribution < -0.4 is 0 Å². The van der Waals surface area contributed by atoms with Crippen molar-refractivity contribution in [2.24, 2.45) is 56.7 Å². The Morgan fingerprint density at radius 2 is 1.59 bits per heavy atom. The number of esters is 1. The summed E-state index contributed by atoms with van der Waals surface area (Å²) in [5, 5.41) is 10.2. The second-order valence-electron chi connectivity index (χ2n) is 15.7. The highest BCUT2D eigenvalue weighted by molar-refractivity contribution is 9.11. The van der Waals surface area contributed by atoms with E-state index < -0.39 is 5.97 Å². The van der Waals surface area contributed by atoms with E-state index in [1.165, 1.54) is 17.3 Å². The van der Waals surface area contributed by atoms with E-state index in [4.69, 9.17) is 4.74 Å². The molecule has 0 saturated heterocycles. The number of carboxylic acid groups (broad SMARTS) is 1. The molecule has 0 spiro atoms. The lowest BCUT2D eigenvalue weighted by Crippen LogP contribution is -2.64. The number of halogens is 1. The van der Waals surface area contributed by atoms with Gasteiger partial charge in [-0.1, -0.05) is 70.0 Å². The van der Waals surface area contributed by atoms with Gasteiger partial charge in [-0.2, -0.15) is 0 Å². The maximum Gasteiger partial charge on any atom is 0.306 e. The molecule has 37 heavy (non-hydrogen) atoms. The van der Waals surface area contributed by atoms with E-state index in [1.807, 2.05) is 0 Å². The number of hydrogen-bond acceptors (Lipinski definition) is 3. The fourth-order valence-electron chi connectivity index (χ4n) is 11.3. The van der Waals surface area contributed by atoms with Gasteiger partial charge in [-0.15, -0.1) is 0 Å². The van der Waals surface area contributed by atoms with Gasteiger partial charge >= 0.3 is 11.9 Å². The van der Waals surface area contributed by atoms with Gasteiger partial charge in [-0.25, -0.2) is 0 Å². The van der Waals surface area contributed by atoms with Crippen molar-refractivity contribution in [1.29, 1.82) is 0 Å². The minimum atomic E-state index is -0.595. The van der Waals surface area contributed by atoms with Crippen LogP contribution in [0.1, 0.15) is 113 Å². The number of carboxylic acids is 1. The van der Waals surface area contributed by atoms with Crippen molar-refractivity contribution in [3.63, 3.8) is 0 Å². The number of carbonyl (C=O) groups excluding carboxylic acids is 1. The third-order valence-corrected chi connectivity index (χ3v) is 13.8. The van der Waals surface area contributed by atoms with Crippen LogP contribution in [0.25, 0.3) is 0 Å². The van der Waals surface area contributed by atoms with Crippen LogP contribution in [0.4, 0.5) is 0 Å². The fraction of sp³-hybridized carbons (Fsp3) is 0.875. The molecular weight excluding hydrogens is 528 g/mol. The molecule has 8 unspecified atom stereocenters. The van der Waals surface area contributed by atoms with Crippen molar-refractivity contribution in [3.05, 3.63) is 10.1 Å². The molecule has 0 bridgehead atoms. The summed E-state index contributed by atoms with van der Waals surface area (Å²) in [6, 6.07) is 0. The summed E-state index contributed by atoms with van der Waals surface area (Å²) >= 11 is 4.18. The number of ether oxygens (including phenoxy) is 1. The Balaban J connectivity index is 1.56. The highest BCUT2D eigenvalue weighted by Gasteiger charge is 2.68. The predicted octanol–water partition coefficient (Wildman–Crippen LogP) is 8.38. The molecule has 0 aromatic heterocycles. The standard InChI is InChI=1S/C32H49BrO4/c1-18(34)37-25-11-12-30(6)23(29(25,4)5)10-14-31(7)24(30)15-22(33)26-20-16-28(2,3)17-21(27(35)36)19(20)9-13-32(26,31)8/h19-21,23-25H,9-17H2,1-8H3,(H,35,36)/t19?,20?,21-,23?,24?,25?,30?,31?,32?/m1/s1. The van der Waals surface area contributed by atoms with Crippen molar-refractivity contribution in [1.82, 2.24) is 0 Å². The molecule has 0 amide bonds. The second kappa shape index (κ2) is 8.58. The normalized spacial score (nSPS) is 48.1. The molecule has 1 N–H and O–H groups in total. The largest absolute Gasteiger partial charge is 0.481 e. The van der Waals surface area contributed by atoms with E-state index >= 15 is 0 Å². The highest BCUT2D eigenvalue weighted by atomic mass is 79.9. The molecule has 0 aromatic carbocycles. The quantitative estimate of drug-likeness (QED) is 0.335. The number of allylic oxidation sites excluding steroid dienone is 2. The Bertz CT molecular complexity index is 1030. The first-order valence-electron chi connectivity index (χ1n) is 14.8. The van der Waals surface area contributed by atoms with E-state index in [0.29, 0.717) is 17.8 Å². The van der Waals surface area contributed by atoms with Gasteiger partial charge < -0.3 is 9.84 Å². The summed E-state index contributed by atoms with van der Waals surface area (Å²) < 4.78 is 7.28. The van der Waals surface area contributed by atoms with E-state index in [2.05, 4.69) is 64.4 Å². The SMILES string of the molecule is CC(=O)OC1CCC2(C)C(CCC3(C)C2CC(Br)=C2C4CC(C)(C)C[C@@H](C(=O)O)C4CCC23C)C1(C)C. The zero-order valence-corrected chi connectivity index (χ0v) is 26.0. The number of hydrogen-bond donors (Lipinski definition) is 1. The summed E-state index contributed by atoms with van der Waals surface area (Å²) in [6.45, 7) is 18.5. The third-order valence-electron chi connectivity index (χ3n) is 13.1. The Morgan fingerprint density at radius 1 is 0.919 bits per heavy atom. The van der Waals surface area contributed by atoms with Crippen molar-refractivity contribution in [2.75, 3.05) is 0 Å². The monoisotopic (exact) mass is 576 g/mol. The molecule has 4 saturated carbocycles. The Labute approximate surface area is 232 Å². The molecule has 9 atom stereocenters. The van der Waals surface area contributed by atoms with Gasteiger partial charge in [0, 0.05) is 12.3 Å². The lowest BCUT2D eigenvalue weighted by atomic mass is 9.34. The predicted molar refractivity (Wildman–Crippen MR) is 150 cm³/mol. The van der Waals surface area contributed by atoms with Crippen molar-refractivity contribution >= 4 is 27.9 Å². The molecule has 0 radical (unpaired) electrons. The lowest BCUT2D eigenvalue weighted by Gasteiger charge is -2.71. The Hall–Kier alpha value is -0.840. The molecule has 0 heterocycles. The van der Waals surface area contributed by atoms with Crippen LogP contribution in [0.5, 0.6) is 0 Å². The number of rotatable bonds is 2. The molecular formula is C32H49BrO4. The molecule has 4 fully saturated rings. The topological polar surface area (TPSA) is 63.6 Å². The number of aliphatic carboxylic acids is 1. The number of carbonyl (C=O) groups is 2. The first kappa shape index (κ1) is 27.7. The zero-order chi connectivity index (χ0) is 27.3. The maximum absolute atomic E-state index is 12.4. The first-order chi connectivity index (χ1) is 17.0. The molecule has 5 heteroatoms. The van der Waals surface area contributed by atoms with E-state index in [0.717, 1.165) is 44.9 Å². The average Bonchev–Trinajstić information content (AvgIpc) is 2.76. The van der Waals surface area contributed by atoms with Crippen molar-refractivity contribution < 1.29 is 19.4 Å². The first-order valence-corrected chi connectivity index (χ1v) is 15.6. The summed E-state index contributed by atoms with van der Waals surface area (Å²) in [4.78, 5) is 24.3. The van der Waals surface area contributed by atoms with Gasteiger partial charge in [-0.05, 0) is 108 Å². The van der Waals surface area contributed by atoms with Gasteiger partial charge in [0.1, 0.15) is 6.10 Å². The van der Waals surface area contributed by atoms with Crippen LogP contribution in [0.3, 0.4) is 0 Å². The van der Waals surface area contributed by atoms with Gasteiger partial charge in [-0.3, -0.25) is 9.59 Å². The Kier molecular flexibility index (Phi) is 6.43. The smallest absolute Gasteiger partial charge is 0.306 e. The van der Waals surface area contributed by atoms with Gasteiger partial charge in [0.15, 0.2) is 0 Å². The van der Waals surface area contributed by atoms with Gasteiger partial charge in [0.2, 0.25) is 0 Å². The van der Waals surface area contributed by atoms with E-state index in [1.54, 1.807) is 12.5 Å². The molecule has 5 aliphatic rings. The van der Waals surface area contributed by atoms with Crippen LogP contribution in [0, 0.1) is 56.7 Å². The van der Waals surface area contributed by atoms with Gasteiger partial charge in [0.25, 0.3) is 0 Å². The molecule has 0 aliphatic heterocycles. The van der Waals surface area contributed by atoms with Crippen molar-refractivity contribution in [2.45, 2.75) is 119 Å². The summed E-state index contributed by atoms with van der Waals surface area (Å²) in [6.07, 6.45) is 9.47. The van der Waals surface area contributed by atoms with Crippen LogP contribution in [-0.2, 0) is 14.3 Å². The fourth-order valence-corrected chi connectivity index (χ4v) is 12.3. The average molecular weight is 578 g/mol.